The van der Waals surface area contributed by atoms with E-state index in [1.807, 2.05) is 68.6 Å². The van der Waals surface area contributed by atoms with Gasteiger partial charge in [0.2, 0.25) is 0 Å². The van der Waals surface area contributed by atoms with Crippen LogP contribution >= 0.6 is 0 Å². The zero-order valence-corrected chi connectivity index (χ0v) is 14.7. The van der Waals surface area contributed by atoms with Gasteiger partial charge in [-0.25, -0.2) is 0 Å². The summed E-state index contributed by atoms with van der Waals surface area (Å²) in [6, 6.07) is 15.6. The predicted octanol–water partition coefficient (Wildman–Crippen LogP) is 6.10. The lowest BCUT2D eigenvalue weighted by atomic mass is 9.86. The number of aryl methyl sites for hydroxylation is 1. The molecule has 4 heteroatoms. The summed E-state index contributed by atoms with van der Waals surface area (Å²) in [5, 5.41) is 11.7. The van der Waals surface area contributed by atoms with Crippen molar-refractivity contribution < 1.29 is 4.79 Å². The Hall–Kier alpha value is -2.75. The molecule has 0 spiro atoms. The second kappa shape index (κ2) is 7.88. The van der Waals surface area contributed by atoms with E-state index in [4.69, 9.17) is 0 Å². The van der Waals surface area contributed by atoms with Crippen LogP contribution in [0.2, 0.25) is 0 Å². The van der Waals surface area contributed by atoms with Gasteiger partial charge in [-0.1, -0.05) is 24.6 Å². The summed E-state index contributed by atoms with van der Waals surface area (Å²) >= 11 is 0. The molecule has 1 fully saturated rings. The number of rotatable bonds is 4. The molecule has 1 saturated carbocycles. The first-order valence-corrected chi connectivity index (χ1v) is 8.70. The second-order valence-electron chi connectivity index (χ2n) is 6.55. The number of carbonyl (C=O) groups excluding carboxylic acids is 1. The number of hydrogen-bond donors (Lipinski definition) is 1. The van der Waals surface area contributed by atoms with Crippen LogP contribution in [0.25, 0.3) is 0 Å². The molecule has 0 unspecified atom stereocenters. The minimum Gasteiger partial charge on any atom is -0.361 e. The number of ketones is 1. The van der Waals surface area contributed by atoms with Gasteiger partial charge >= 0.3 is 0 Å². The number of nitrogens with zero attached hydrogens (tertiary/aromatic N) is 2. The fourth-order valence-corrected chi connectivity index (χ4v) is 2.83. The van der Waals surface area contributed by atoms with E-state index in [9.17, 15) is 4.79 Å². The van der Waals surface area contributed by atoms with Crippen LogP contribution in [0.3, 0.4) is 0 Å². The minimum atomic E-state index is 0.145. The standard InChI is InChI=1S/C21H23N3O/c1-15-6-8-19(9-7-15)23-24-20-12-10-18(11-13-20)22-14-17-5-3-4-16(2)21(17)25/h6-14,16,22H,3-5H2,1-2H3/b17-14-,24-23?/t16-/m0/s1. The molecule has 3 rings (SSSR count). The number of anilines is 1. The van der Waals surface area contributed by atoms with Gasteiger partial charge in [0.25, 0.3) is 0 Å². The lowest BCUT2D eigenvalue weighted by Crippen LogP contribution is -2.19. The molecule has 0 saturated heterocycles. The summed E-state index contributed by atoms with van der Waals surface area (Å²) < 4.78 is 0. The first kappa shape index (κ1) is 17.1. The van der Waals surface area contributed by atoms with Crippen LogP contribution in [-0.4, -0.2) is 5.78 Å². The first-order chi connectivity index (χ1) is 12.1. The van der Waals surface area contributed by atoms with Gasteiger partial charge in [0.05, 0.1) is 11.4 Å². The van der Waals surface area contributed by atoms with E-state index in [2.05, 4.69) is 15.5 Å². The normalized spacial score (nSPS) is 19.5. The van der Waals surface area contributed by atoms with Gasteiger partial charge in [0.1, 0.15) is 0 Å². The van der Waals surface area contributed by atoms with Crippen LogP contribution in [0, 0.1) is 12.8 Å². The van der Waals surface area contributed by atoms with Crippen molar-refractivity contribution in [3.8, 4) is 0 Å². The molecule has 0 heterocycles. The minimum absolute atomic E-state index is 0.145. The molecule has 0 amide bonds. The van der Waals surface area contributed by atoms with Crippen molar-refractivity contribution in [3.63, 3.8) is 0 Å². The monoisotopic (exact) mass is 333 g/mol. The molecule has 2 aromatic rings. The van der Waals surface area contributed by atoms with Crippen molar-refractivity contribution in [1.29, 1.82) is 0 Å². The predicted molar refractivity (Wildman–Crippen MR) is 102 cm³/mol. The van der Waals surface area contributed by atoms with E-state index >= 15 is 0 Å². The van der Waals surface area contributed by atoms with Gasteiger partial charge < -0.3 is 5.32 Å². The molecule has 1 N–H and O–H groups in total. The SMILES string of the molecule is Cc1ccc(N=Nc2ccc(N/C=C3/CCC[C@H](C)C3=O)cc2)cc1. The van der Waals surface area contributed by atoms with E-state index in [-0.39, 0.29) is 11.7 Å². The molecule has 1 aliphatic rings. The molecule has 25 heavy (non-hydrogen) atoms. The van der Waals surface area contributed by atoms with Gasteiger partial charge in [0.15, 0.2) is 5.78 Å². The van der Waals surface area contributed by atoms with E-state index in [1.165, 1.54) is 5.56 Å². The summed E-state index contributed by atoms with van der Waals surface area (Å²) in [4.78, 5) is 12.1. The molecule has 1 aliphatic carbocycles. The lowest BCUT2D eigenvalue weighted by molar-refractivity contribution is -0.119. The second-order valence-corrected chi connectivity index (χ2v) is 6.55. The van der Waals surface area contributed by atoms with Crippen LogP contribution in [0.15, 0.2) is 70.5 Å². The van der Waals surface area contributed by atoms with Gasteiger partial charge in [-0.2, -0.15) is 10.2 Å². The highest BCUT2D eigenvalue weighted by Crippen LogP contribution is 2.25. The maximum atomic E-state index is 12.1. The van der Waals surface area contributed by atoms with Gasteiger partial charge in [-0.3, -0.25) is 4.79 Å². The first-order valence-electron chi connectivity index (χ1n) is 8.70. The third-order valence-corrected chi connectivity index (χ3v) is 4.44. The third kappa shape index (κ3) is 4.63. The number of nitrogens with one attached hydrogen (secondary N) is 1. The highest BCUT2D eigenvalue weighted by Gasteiger charge is 2.22. The van der Waals surface area contributed by atoms with Crippen molar-refractivity contribution in [2.24, 2.45) is 16.1 Å². The topological polar surface area (TPSA) is 53.8 Å². The molecular weight excluding hydrogens is 310 g/mol. The van der Waals surface area contributed by atoms with E-state index in [0.717, 1.165) is 41.9 Å². The van der Waals surface area contributed by atoms with Crippen molar-refractivity contribution in [2.45, 2.75) is 33.1 Å². The number of azo groups is 1. The number of hydrogen-bond acceptors (Lipinski definition) is 4. The Kier molecular flexibility index (Phi) is 5.39. The van der Waals surface area contributed by atoms with Crippen molar-refractivity contribution in [3.05, 3.63) is 65.9 Å². The van der Waals surface area contributed by atoms with Crippen LogP contribution in [0.4, 0.5) is 17.1 Å². The Morgan fingerprint density at radius 2 is 1.60 bits per heavy atom. The highest BCUT2D eigenvalue weighted by molar-refractivity contribution is 5.97. The number of benzene rings is 2. The maximum absolute atomic E-state index is 12.1. The summed E-state index contributed by atoms with van der Waals surface area (Å²) in [5.74, 6) is 0.411. The van der Waals surface area contributed by atoms with Crippen molar-refractivity contribution >= 4 is 22.8 Å². The molecular formula is C21H23N3O. The zero-order valence-electron chi connectivity index (χ0n) is 14.7. The quantitative estimate of drug-likeness (QED) is 0.543. The largest absolute Gasteiger partial charge is 0.361 e. The number of allylic oxidation sites excluding steroid dienone is 1. The van der Waals surface area contributed by atoms with Crippen molar-refractivity contribution in [1.82, 2.24) is 0 Å². The highest BCUT2D eigenvalue weighted by atomic mass is 16.1. The maximum Gasteiger partial charge on any atom is 0.163 e. The molecule has 128 valence electrons. The Bertz CT molecular complexity index is 789. The average Bonchev–Trinajstić information content (AvgIpc) is 2.63. The smallest absolute Gasteiger partial charge is 0.163 e. The average molecular weight is 333 g/mol. The lowest BCUT2D eigenvalue weighted by Gasteiger charge is -2.19. The van der Waals surface area contributed by atoms with Gasteiger partial charge in [-0.15, -0.1) is 0 Å². The van der Waals surface area contributed by atoms with Crippen LogP contribution < -0.4 is 5.32 Å². The molecule has 0 aromatic heterocycles. The Morgan fingerprint density at radius 1 is 1.00 bits per heavy atom. The van der Waals surface area contributed by atoms with Crippen molar-refractivity contribution in [2.75, 3.05) is 5.32 Å². The van der Waals surface area contributed by atoms with Gasteiger partial charge in [0, 0.05) is 23.4 Å². The summed E-state index contributed by atoms with van der Waals surface area (Å²) in [7, 11) is 0. The van der Waals surface area contributed by atoms with E-state index < -0.39 is 0 Å². The van der Waals surface area contributed by atoms with Crippen LogP contribution in [-0.2, 0) is 4.79 Å². The third-order valence-electron chi connectivity index (χ3n) is 4.44. The molecule has 0 bridgehead atoms. The Labute approximate surface area is 148 Å². The number of Topliss-reactive ketones (excluding diaryl/α,β-unsaturated/α-hetero) is 1. The molecule has 0 aliphatic heterocycles. The van der Waals surface area contributed by atoms with E-state index in [0.29, 0.717) is 0 Å². The summed E-state index contributed by atoms with van der Waals surface area (Å²) in [6.07, 6.45) is 4.79. The zero-order chi connectivity index (χ0) is 17.6. The molecule has 0 radical (unpaired) electrons. The fraction of sp³-hybridized carbons (Fsp3) is 0.286. The Morgan fingerprint density at radius 3 is 2.24 bits per heavy atom. The number of carbonyl (C=O) groups is 1. The van der Waals surface area contributed by atoms with Crippen LogP contribution in [0.5, 0.6) is 0 Å². The molecule has 1 atom stereocenters. The molecule has 4 nitrogen and oxygen atoms in total. The fourth-order valence-electron chi connectivity index (χ4n) is 2.83. The molecule has 2 aromatic carbocycles. The summed E-state index contributed by atoms with van der Waals surface area (Å²) in [6.45, 7) is 4.05. The Balaban J connectivity index is 1.62. The summed E-state index contributed by atoms with van der Waals surface area (Å²) in [5.41, 5.74) is 4.66. The van der Waals surface area contributed by atoms with Crippen LogP contribution in [0.1, 0.15) is 31.7 Å². The van der Waals surface area contributed by atoms with Gasteiger partial charge in [-0.05, 0) is 62.6 Å². The van der Waals surface area contributed by atoms with E-state index in [1.54, 1.807) is 0 Å².